The lowest BCUT2D eigenvalue weighted by molar-refractivity contribution is 0.251. The van der Waals surface area contributed by atoms with Gasteiger partial charge in [0.2, 0.25) is 0 Å². The molecule has 5 nitrogen and oxygen atoms in total. The third-order valence-electron chi connectivity index (χ3n) is 3.34. The fraction of sp³-hybridized carbons (Fsp3) is 0.0556. The van der Waals surface area contributed by atoms with E-state index in [9.17, 15) is 4.79 Å². The summed E-state index contributed by atoms with van der Waals surface area (Å²) in [5.41, 5.74) is 3.39. The highest BCUT2D eigenvalue weighted by Crippen LogP contribution is 2.16. The summed E-state index contributed by atoms with van der Waals surface area (Å²) in [6.45, 7) is 0.398. The summed E-state index contributed by atoms with van der Waals surface area (Å²) < 4.78 is 0. The molecule has 0 atom stereocenters. The maximum Gasteiger partial charge on any atom is 0.319 e. The van der Waals surface area contributed by atoms with Crippen molar-refractivity contribution in [1.82, 2.24) is 15.3 Å². The van der Waals surface area contributed by atoms with Crippen LogP contribution in [0.5, 0.6) is 0 Å². The molecule has 0 fully saturated rings. The molecule has 0 aliphatic heterocycles. The Bertz CT molecular complexity index is 822. The zero-order chi connectivity index (χ0) is 16.8. The van der Waals surface area contributed by atoms with Crippen molar-refractivity contribution in [3.8, 4) is 11.3 Å². The molecular weight excluding hydrogens is 324 g/mol. The molecular formula is C18H15ClN4O. The van der Waals surface area contributed by atoms with E-state index in [1.54, 1.807) is 42.9 Å². The summed E-state index contributed by atoms with van der Waals surface area (Å²) in [5.74, 6) is 0. The topological polar surface area (TPSA) is 66.9 Å². The predicted molar refractivity (Wildman–Crippen MR) is 94.8 cm³/mol. The highest BCUT2D eigenvalue weighted by molar-refractivity contribution is 6.30. The summed E-state index contributed by atoms with van der Waals surface area (Å²) in [5, 5.41) is 6.19. The summed E-state index contributed by atoms with van der Waals surface area (Å²) in [7, 11) is 0. The van der Waals surface area contributed by atoms with Crippen LogP contribution in [0.2, 0.25) is 5.02 Å². The molecule has 24 heavy (non-hydrogen) atoms. The van der Waals surface area contributed by atoms with E-state index in [0.29, 0.717) is 17.3 Å². The lowest BCUT2D eigenvalue weighted by Gasteiger charge is -2.09. The number of halogens is 1. The van der Waals surface area contributed by atoms with E-state index in [2.05, 4.69) is 20.6 Å². The van der Waals surface area contributed by atoms with E-state index in [1.165, 1.54) is 0 Å². The molecule has 0 radical (unpaired) electrons. The minimum absolute atomic E-state index is 0.280. The zero-order valence-electron chi connectivity index (χ0n) is 12.7. The van der Waals surface area contributed by atoms with Crippen LogP contribution in [-0.2, 0) is 6.54 Å². The summed E-state index contributed by atoms with van der Waals surface area (Å²) in [4.78, 5) is 20.4. The summed E-state index contributed by atoms with van der Waals surface area (Å²) in [6, 6.07) is 14.3. The van der Waals surface area contributed by atoms with Crippen LogP contribution in [0.15, 0.2) is 67.1 Å². The van der Waals surface area contributed by atoms with Crippen LogP contribution < -0.4 is 10.6 Å². The number of hydrogen-bond acceptors (Lipinski definition) is 3. The molecule has 0 spiro atoms. The molecule has 0 saturated heterocycles. The highest BCUT2D eigenvalue weighted by Gasteiger charge is 2.04. The summed E-state index contributed by atoms with van der Waals surface area (Å²) in [6.07, 6.45) is 5.19. The second kappa shape index (κ2) is 7.57. The first-order chi connectivity index (χ1) is 11.7. The van der Waals surface area contributed by atoms with Gasteiger partial charge in [0.15, 0.2) is 0 Å². The number of rotatable bonds is 4. The largest absolute Gasteiger partial charge is 0.334 e. The number of nitrogens with one attached hydrogen (secondary N) is 2. The maximum atomic E-state index is 11.9. The van der Waals surface area contributed by atoms with E-state index in [-0.39, 0.29) is 6.03 Å². The highest BCUT2D eigenvalue weighted by atomic mass is 35.5. The monoisotopic (exact) mass is 338 g/mol. The molecule has 2 amide bonds. The van der Waals surface area contributed by atoms with Gasteiger partial charge in [-0.05, 0) is 54.1 Å². The van der Waals surface area contributed by atoms with Gasteiger partial charge < -0.3 is 10.6 Å². The van der Waals surface area contributed by atoms with Crippen molar-refractivity contribution in [1.29, 1.82) is 0 Å². The number of anilines is 1. The van der Waals surface area contributed by atoms with Crippen LogP contribution in [0.3, 0.4) is 0 Å². The smallest absolute Gasteiger partial charge is 0.319 e. The molecule has 120 valence electrons. The number of pyridine rings is 2. The first-order valence-corrected chi connectivity index (χ1v) is 7.74. The lowest BCUT2D eigenvalue weighted by atomic mass is 10.1. The van der Waals surface area contributed by atoms with Crippen molar-refractivity contribution >= 4 is 23.3 Å². The SMILES string of the molecule is O=C(NCc1ccnc(-c2cccnc2)c1)Nc1ccc(Cl)cc1. The molecule has 1 aromatic carbocycles. The van der Waals surface area contributed by atoms with Crippen molar-refractivity contribution in [3.05, 3.63) is 77.7 Å². The first-order valence-electron chi connectivity index (χ1n) is 7.36. The lowest BCUT2D eigenvalue weighted by Crippen LogP contribution is -2.28. The van der Waals surface area contributed by atoms with Gasteiger partial charge in [0, 0.05) is 41.4 Å². The van der Waals surface area contributed by atoms with Gasteiger partial charge in [-0.15, -0.1) is 0 Å². The van der Waals surface area contributed by atoms with Crippen molar-refractivity contribution in [2.45, 2.75) is 6.54 Å². The Morgan fingerprint density at radius 2 is 1.92 bits per heavy atom. The fourth-order valence-electron chi connectivity index (χ4n) is 2.15. The molecule has 0 bridgehead atoms. The number of nitrogens with zero attached hydrogens (tertiary/aromatic N) is 2. The molecule has 6 heteroatoms. The number of hydrogen-bond donors (Lipinski definition) is 2. The standard InChI is InChI=1S/C18H15ClN4O/c19-15-3-5-16(6-4-15)23-18(24)22-11-13-7-9-21-17(10-13)14-2-1-8-20-12-14/h1-10,12H,11H2,(H2,22,23,24). The van der Waals surface area contributed by atoms with Crippen LogP contribution in [0.4, 0.5) is 10.5 Å². The molecule has 0 unspecified atom stereocenters. The van der Waals surface area contributed by atoms with E-state index in [4.69, 9.17) is 11.6 Å². The van der Waals surface area contributed by atoms with Crippen LogP contribution >= 0.6 is 11.6 Å². The summed E-state index contributed by atoms with van der Waals surface area (Å²) >= 11 is 5.82. The number of benzene rings is 1. The second-order valence-electron chi connectivity index (χ2n) is 5.11. The second-order valence-corrected chi connectivity index (χ2v) is 5.54. The van der Waals surface area contributed by atoms with Gasteiger partial charge in [0.1, 0.15) is 0 Å². The first kappa shape index (κ1) is 16.0. The van der Waals surface area contributed by atoms with Gasteiger partial charge >= 0.3 is 6.03 Å². The fourth-order valence-corrected chi connectivity index (χ4v) is 2.27. The normalized spacial score (nSPS) is 10.2. The minimum Gasteiger partial charge on any atom is -0.334 e. The van der Waals surface area contributed by atoms with Gasteiger partial charge in [-0.3, -0.25) is 9.97 Å². The van der Waals surface area contributed by atoms with Gasteiger partial charge in [-0.1, -0.05) is 11.6 Å². The molecule has 0 aliphatic rings. The van der Waals surface area contributed by atoms with Crippen molar-refractivity contribution < 1.29 is 4.79 Å². The van der Waals surface area contributed by atoms with Crippen molar-refractivity contribution in [2.75, 3.05) is 5.32 Å². The minimum atomic E-state index is -0.280. The Hall–Kier alpha value is -2.92. The Morgan fingerprint density at radius 3 is 2.67 bits per heavy atom. The van der Waals surface area contributed by atoms with E-state index in [1.807, 2.05) is 24.3 Å². The van der Waals surface area contributed by atoms with Gasteiger partial charge in [0.25, 0.3) is 0 Å². The van der Waals surface area contributed by atoms with Gasteiger partial charge in [-0.25, -0.2) is 4.79 Å². The number of carbonyl (C=O) groups is 1. The Labute approximate surface area is 144 Å². The predicted octanol–water partition coefficient (Wildman–Crippen LogP) is 4.12. The van der Waals surface area contributed by atoms with Crippen molar-refractivity contribution in [2.24, 2.45) is 0 Å². The third-order valence-corrected chi connectivity index (χ3v) is 3.59. The molecule has 0 aliphatic carbocycles. The number of carbonyl (C=O) groups excluding carboxylic acids is 1. The Morgan fingerprint density at radius 1 is 1.08 bits per heavy atom. The average Bonchev–Trinajstić information content (AvgIpc) is 2.63. The number of amides is 2. The zero-order valence-corrected chi connectivity index (χ0v) is 13.5. The molecule has 2 heterocycles. The van der Waals surface area contributed by atoms with E-state index < -0.39 is 0 Å². The van der Waals surface area contributed by atoms with Gasteiger partial charge in [-0.2, -0.15) is 0 Å². The maximum absolute atomic E-state index is 11.9. The Balaban J connectivity index is 1.60. The van der Waals surface area contributed by atoms with E-state index >= 15 is 0 Å². The third kappa shape index (κ3) is 4.30. The molecule has 2 aromatic heterocycles. The van der Waals surface area contributed by atoms with Crippen LogP contribution in [0.1, 0.15) is 5.56 Å². The van der Waals surface area contributed by atoms with Crippen LogP contribution in [0.25, 0.3) is 11.3 Å². The van der Waals surface area contributed by atoms with Crippen LogP contribution in [0, 0.1) is 0 Å². The molecule has 2 N–H and O–H groups in total. The number of urea groups is 1. The number of aromatic nitrogens is 2. The quantitative estimate of drug-likeness (QED) is 0.752. The van der Waals surface area contributed by atoms with Gasteiger partial charge in [0.05, 0.1) is 5.69 Å². The van der Waals surface area contributed by atoms with Crippen LogP contribution in [-0.4, -0.2) is 16.0 Å². The average molecular weight is 339 g/mol. The Kier molecular flexibility index (Phi) is 5.03. The van der Waals surface area contributed by atoms with Crippen molar-refractivity contribution in [3.63, 3.8) is 0 Å². The molecule has 3 rings (SSSR count). The molecule has 0 saturated carbocycles. The molecule has 3 aromatic rings. The van der Waals surface area contributed by atoms with E-state index in [0.717, 1.165) is 16.8 Å².